The van der Waals surface area contributed by atoms with Crippen molar-refractivity contribution >= 4 is 15.9 Å². The summed E-state index contributed by atoms with van der Waals surface area (Å²) in [5.41, 5.74) is 3.46. The van der Waals surface area contributed by atoms with Crippen molar-refractivity contribution in [3.63, 3.8) is 0 Å². The molecule has 0 spiro atoms. The lowest BCUT2D eigenvalue weighted by atomic mass is 10.2. The van der Waals surface area contributed by atoms with Gasteiger partial charge in [-0.15, -0.1) is 0 Å². The van der Waals surface area contributed by atoms with Gasteiger partial charge in [0.2, 0.25) is 0 Å². The van der Waals surface area contributed by atoms with E-state index >= 15 is 0 Å². The summed E-state index contributed by atoms with van der Waals surface area (Å²) in [6, 6.07) is 0. The largest absolute Gasteiger partial charge is 0.311 e. The van der Waals surface area contributed by atoms with Crippen molar-refractivity contribution in [1.82, 2.24) is 24.9 Å². The van der Waals surface area contributed by atoms with Crippen LogP contribution in [-0.2, 0) is 27.1 Å². The van der Waals surface area contributed by atoms with Crippen molar-refractivity contribution in [2.24, 2.45) is 14.1 Å². The van der Waals surface area contributed by atoms with Crippen molar-refractivity contribution in [3.8, 4) is 0 Å². The Kier molecular flexibility index (Phi) is 4.19. The summed E-state index contributed by atoms with van der Waals surface area (Å²) in [7, 11) is 3.91. The molecule has 0 fully saturated rings. The molecule has 0 aromatic carbocycles. The summed E-state index contributed by atoms with van der Waals surface area (Å²) in [4.78, 5) is 0. The van der Waals surface area contributed by atoms with Crippen molar-refractivity contribution in [3.05, 3.63) is 33.8 Å². The van der Waals surface area contributed by atoms with E-state index in [1.165, 1.54) is 11.3 Å². The van der Waals surface area contributed by atoms with Gasteiger partial charge in [-0.3, -0.25) is 9.36 Å². The van der Waals surface area contributed by atoms with Crippen LogP contribution in [0.3, 0.4) is 0 Å². The quantitative estimate of drug-likeness (QED) is 0.852. The second-order valence-electron chi connectivity index (χ2n) is 4.42. The molecule has 0 aliphatic carbocycles. The van der Waals surface area contributed by atoms with E-state index in [-0.39, 0.29) is 0 Å². The van der Waals surface area contributed by atoms with Crippen LogP contribution in [-0.4, -0.2) is 26.1 Å². The van der Waals surface area contributed by atoms with E-state index < -0.39 is 0 Å². The van der Waals surface area contributed by atoms with Crippen LogP contribution >= 0.6 is 15.9 Å². The van der Waals surface area contributed by atoms with Gasteiger partial charge in [0.05, 0.1) is 22.1 Å². The monoisotopic (exact) mass is 311 g/mol. The lowest BCUT2D eigenvalue weighted by Gasteiger charge is -2.05. The number of rotatable bonds is 5. The number of nitrogens with zero attached hydrogens (tertiary/aromatic N) is 4. The third-order valence-electron chi connectivity index (χ3n) is 2.90. The van der Waals surface area contributed by atoms with Crippen molar-refractivity contribution in [2.45, 2.75) is 19.9 Å². The average Bonchev–Trinajstić information content (AvgIpc) is 2.82. The molecule has 0 saturated heterocycles. The molecule has 0 aliphatic heterocycles. The Morgan fingerprint density at radius 2 is 2.17 bits per heavy atom. The van der Waals surface area contributed by atoms with Crippen molar-refractivity contribution in [2.75, 3.05) is 6.54 Å². The first-order valence-electron chi connectivity index (χ1n) is 5.94. The highest BCUT2D eigenvalue weighted by Crippen LogP contribution is 2.19. The van der Waals surface area contributed by atoms with Crippen LogP contribution in [0.5, 0.6) is 0 Å². The second-order valence-corrected chi connectivity index (χ2v) is 5.21. The number of aryl methyl sites for hydroxylation is 3. The van der Waals surface area contributed by atoms with Gasteiger partial charge in [0.15, 0.2) is 0 Å². The minimum absolute atomic E-state index is 0.818. The number of nitrogens with one attached hydrogen (secondary N) is 1. The Bertz CT molecular complexity index is 529. The van der Waals surface area contributed by atoms with Crippen LogP contribution in [0.25, 0.3) is 0 Å². The standard InChI is InChI=1S/C12H18BrN5/c1-9-12(13)11(18(3)16-9)7-14-5-4-10-6-15-17(2)8-10/h6,8,14H,4-5,7H2,1-3H3. The summed E-state index contributed by atoms with van der Waals surface area (Å²) >= 11 is 3.56. The van der Waals surface area contributed by atoms with E-state index in [1.807, 2.05) is 42.8 Å². The molecule has 98 valence electrons. The zero-order valence-corrected chi connectivity index (χ0v) is 12.5. The van der Waals surface area contributed by atoms with Crippen LogP contribution in [0, 0.1) is 6.92 Å². The van der Waals surface area contributed by atoms with Crippen molar-refractivity contribution < 1.29 is 0 Å². The van der Waals surface area contributed by atoms with Gasteiger partial charge in [0.1, 0.15) is 0 Å². The van der Waals surface area contributed by atoms with E-state index in [4.69, 9.17) is 0 Å². The zero-order chi connectivity index (χ0) is 13.1. The highest BCUT2D eigenvalue weighted by molar-refractivity contribution is 9.10. The molecule has 0 bridgehead atoms. The molecule has 2 aromatic rings. The lowest BCUT2D eigenvalue weighted by molar-refractivity contribution is 0.623. The van der Waals surface area contributed by atoms with Crippen LogP contribution in [0.4, 0.5) is 0 Å². The Balaban J connectivity index is 1.82. The van der Waals surface area contributed by atoms with Gasteiger partial charge in [-0.25, -0.2) is 0 Å². The number of aromatic nitrogens is 4. The Hall–Kier alpha value is -1.14. The first-order chi connectivity index (χ1) is 8.58. The smallest absolute Gasteiger partial charge is 0.0739 e. The summed E-state index contributed by atoms with van der Waals surface area (Å²) in [5.74, 6) is 0. The fourth-order valence-electron chi connectivity index (χ4n) is 1.91. The van der Waals surface area contributed by atoms with Gasteiger partial charge in [-0.05, 0) is 41.4 Å². The molecule has 1 N–H and O–H groups in total. The Morgan fingerprint density at radius 1 is 1.39 bits per heavy atom. The van der Waals surface area contributed by atoms with Gasteiger partial charge in [0.25, 0.3) is 0 Å². The molecule has 0 unspecified atom stereocenters. The highest BCUT2D eigenvalue weighted by Gasteiger charge is 2.09. The molecule has 0 aliphatic rings. The van der Waals surface area contributed by atoms with Gasteiger partial charge >= 0.3 is 0 Å². The molecule has 5 nitrogen and oxygen atoms in total. The Labute approximate surface area is 115 Å². The maximum Gasteiger partial charge on any atom is 0.0739 e. The summed E-state index contributed by atoms with van der Waals surface area (Å²) in [6.45, 7) is 3.75. The van der Waals surface area contributed by atoms with E-state index in [9.17, 15) is 0 Å². The summed E-state index contributed by atoms with van der Waals surface area (Å²) < 4.78 is 4.84. The van der Waals surface area contributed by atoms with E-state index in [0.29, 0.717) is 0 Å². The molecule has 0 radical (unpaired) electrons. The molecular weight excluding hydrogens is 294 g/mol. The summed E-state index contributed by atoms with van der Waals surface area (Å²) in [5, 5.41) is 11.9. The highest BCUT2D eigenvalue weighted by atomic mass is 79.9. The molecule has 2 heterocycles. The SMILES string of the molecule is Cc1nn(C)c(CNCCc2cnn(C)c2)c1Br. The van der Waals surface area contributed by atoms with Gasteiger partial charge in [0, 0.05) is 26.8 Å². The van der Waals surface area contributed by atoms with Crippen LogP contribution < -0.4 is 5.32 Å². The molecule has 0 amide bonds. The zero-order valence-electron chi connectivity index (χ0n) is 10.9. The molecule has 2 rings (SSSR count). The van der Waals surface area contributed by atoms with Crippen LogP contribution in [0.1, 0.15) is 17.0 Å². The fraction of sp³-hybridized carbons (Fsp3) is 0.500. The van der Waals surface area contributed by atoms with E-state index in [2.05, 4.69) is 31.4 Å². The molecule has 2 aromatic heterocycles. The lowest BCUT2D eigenvalue weighted by Crippen LogP contribution is -2.18. The maximum atomic E-state index is 4.37. The maximum absolute atomic E-state index is 4.37. The van der Waals surface area contributed by atoms with Gasteiger partial charge in [-0.1, -0.05) is 0 Å². The predicted molar refractivity (Wildman–Crippen MR) is 74.3 cm³/mol. The molecule has 0 saturated carbocycles. The molecular formula is C12H18BrN5. The minimum atomic E-state index is 0.818. The van der Waals surface area contributed by atoms with Crippen LogP contribution in [0.15, 0.2) is 16.9 Å². The first kappa shape index (κ1) is 13.3. The number of halogens is 1. The Morgan fingerprint density at radius 3 is 2.72 bits per heavy atom. The van der Waals surface area contributed by atoms with E-state index in [1.54, 1.807) is 0 Å². The predicted octanol–water partition coefficient (Wildman–Crippen LogP) is 1.56. The molecule has 0 atom stereocenters. The van der Waals surface area contributed by atoms with Crippen LogP contribution in [0.2, 0.25) is 0 Å². The third kappa shape index (κ3) is 3.00. The minimum Gasteiger partial charge on any atom is -0.311 e. The van der Waals surface area contributed by atoms with Crippen molar-refractivity contribution in [1.29, 1.82) is 0 Å². The molecule has 6 heteroatoms. The fourth-order valence-corrected chi connectivity index (χ4v) is 2.39. The average molecular weight is 312 g/mol. The van der Waals surface area contributed by atoms with Gasteiger partial charge < -0.3 is 5.32 Å². The molecule has 18 heavy (non-hydrogen) atoms. The second kappa shape index (κ2) is 5.67. The number of hydrogen-bond donors (Lipinski definition) is 1. The van der Waals surface area contributed by atoms with E-state index in [0.717, 1.165) is 29.7 Å². The third-order valence-corrected chi connectivity index (χ3v) is 3.93. The topological polar surface area (TPSA) is 47.7 Å². The normalized spacial score (nSPS) is 11.1. The first-order valence-corrected chi connectivity index (χ1v) is 6.73. The number of hydrogen-bond acceptors (Lipinski definition) is 3. The van der Waals surface area contributed by atoms with Gasteiger partial charge in [-0.2, -0.15) is 10.2 Å². The summed E-state index contributed by atoms with van der Waals surface area (Å²) in [6.07, 6.45) is 4.94.